The van der Waals surface area contributed by atoms with Crippen molar-refractivity contribution < 1.29 is 19.2 Å². The molecule has 0 bridgehead atoms. The molecule has 0 saturated heterocycles. The lowest BCUT2D eigenvalue weighted by Crippen LogP contribution is -2.15. The number of benzene rings is 1. The number of nitrogens with zero attached hydrogens (tertiary/aromatic N) is 2. The average Bonchev–Trinajstić information content (AvgIpc) is 2.45. The lowest BCUT2D eigenvalue weighted by Gasteiger charge is -2.08. The second kappa shape index (κ2) is 8.51. The van der Waals surface area contributed by atoms with Crippen molar-refractivity contribution in [1.82, 2.24) is 0 Å². The minimum atomic E-state index is -0.524. The van der Waals surface area contributed by atoms with Crippen LogP contribution in [0.3, 0.4) is 0 Å². The van der Waals surface area contributed by atoms with E-state index >= 15 is 0 Å². The lowest BCUT2D eigenvalue weighted by atomic mass is 10.3. The minimum absolute atomic E-state index is 0.106. The van der Waals surface area contributed by atoms with Crippen molar-refractivity contribution in [2.24, 2.45) is 5.10 Å². The first kappa shape index (κ1) is 16.4. The van der Waals surface area contributed by atoms with Crippen LogP contribution in [0, 0.1) is 10.1 Å². The van der Waals surface area contributed by atoms with Crippen LogP contribution in [0.1, 0.15) is 20.3 Å². The second-order valence-electron chi connectivity index (χ2n) is 3.81. The minimum Gasteiger partial charge on any atom is -0.480 e. The van der Waals surface area contributed by atoms with Gasteiger partial charge in [0.25, 0.3) is 5.69 Å². The first-order valence-corrected chi connectivity index (χ1v) is 6.42. The molecule has 1 aromatic rings. The molecule has 0 fully saturated rings. The monoisotopic (exact) mass is 295 g/mol. The van der Waals surface area contributed by atoms with Gasteiger partial charge < -0.3 is 9.47 Å². The zero-order valence-corrected chi connectivity index (χ0v) is 11.9. The molecule has 8 heteroatoms. The summed E-state index contributed by atoms with van der Waals surface area (Å²) in [4.78, 5) is 21.7. The number of nitro benzene ring substituents is 1. The van der Waals surface area contributed by atoms with Crippen molar-refractivity contribution in [2.45, 2.75) is 20.3 Å². The van der Waals surface area contributed by atoms with Gasteiger partial charge in [0.1, 0.15) is 12.1 Å². The number of carbonyl (C=O) groups excluding carboxylic acids is 1. The summed E-state index contributed by atoms with van der Waals surface area (Å²) in [6.45, 7) is 4.01. The topological polar surface area (TPSA) is 103 Å². The van der Waals surface area contributed by atoms with Crippen LogP contribution in [-0.2, 0) is 14.3 Å². The standard InChI is InChI=1S/C13H17N3O5/c1-3-20-12(9-13(17)21-4-2)15-14-10-7-5-6-8-11(10)16(18)19/h5-8,14H,3-4,9H2,1-2H3/b15-12+. The van der Waals surface area contributed by atoms with Gasteiger partial charge in [0, 0.05) is 6.07 Å². The molecule has 0 unspecified atom stereocenters. The summed E-state index contributed by atoms with van der Waals surface area (Å²) >= 11 is 0. The highest BCUT2D eigenvalue weighted by molar-refractivity contribution is 5.94. The number of hydrazone groups is 1. The quantitative estimate of drug-likeness (QED) is 0.272. The van der Waals surface area contributed by atoms with Crippen LogP contribution in [0.25, 0.3) is 0 Å². The van der Waals surface area contributed by atoms with Gasteiger partial charge in [-0.15, -0.1) is 5.10 Å². The van der Waals surface area contributed by atoms with E-state index in [4.69, 9.17) is 9.47 Å². The SMILES string of the molecule is CCOC(=O)C/C(=N\Nc1ccccc1[N+](=O)[O-])OCC. The fraction of sp³-hybridized carbons (Fsp3) is 0.385. The molecule has 1 N–H and O–H groups in total. The van der Waals surface area contributed by atoms with Crippen LogP contribution >= 0.6 is 0 Å². The molecule has 1 rings (SSSR count). The molecular weight excluding hydrogens is 278 g/mol. The Morgan fingerprint density at radius 1 is 1.29 bits per heavy atom. The maximum atomic E-state index is 11.4. The molecule has 0 aliphatic heterocycles. The highest BCUT2D eigenvalue weighted by Gasteiger charge is 2.13. The molecular formula is C13H17N3O5. The van der Waals surface area contributed by atoms with Gasteiger partial charge in [-0.05, 0) is 19.9 Å². The molecule has 1 aromatic carbocycles. The molecule has 0 amide bonds. The smallest absolute Gasteiger partial charge is 0.315 e. The summed E-state index contributed by atoms with van der Waals surface area (Å²) in [7, 11) is 0. The summed E-state index contributed by atoms with van der Waals surface area (Å²) in [6.07, 6.45) is -0.144. The molecule has 8 nitrogen and oxygen atoms in total. The average molecular weight is 295 g/mol. The largest absolute Gasteiger partial charge is 0.480 e. The Kier molecular flexibility index (Phi) is 6.66. The Hall–Kier alpha value is -2.64. The number of rotatable bonds is 7. The molecule has 21 heavy (non-hydrogen) atoms. The van der Waals surface area contributed by atoms with Crippen LogP contribution in [0.5, 0.6) is 0 Å². The molecule has 114 valence electrons. The number of nitrogens with one attached hydrogen (secondary N) is 1. The van der Waals surface area contributed by atoms with Crippen LogP contribution in [-0.4, -0.2) is 30.0 Å². The number of anilines is 1. The van der Waals surface area contributed by atoms with Crippen molar-refractivity contribution >= 4 is 23.2 Å². The Bertz CT molecular complexity index is 530. The zero-order valence-electron chi connectivity index (χ0n) is 11.9. The third-order valence-corrected chi connectivity index (χ3v) is 2.31. The number of nitro groups is 1. The highest BCUT2D eigenvalue weighted by Crippen LogP contribution is 2.23. The molecule has 0 atom stereocenters. The van der Waals surface area contributed by atoms with Gasteiger partial charge in [0.15, 0.2) is 0 Å². The molecule has 0 aromatic heterocycles. The van der Waals surface area contributed by atoms with E-state index < -0.39 is 10.9 Å². The third-order valence-electron chi connectivity index (χ3n) is 2.31. The lowest BCUT2D eigenvalue weighted by molar-refractivity contribution is -0.384. The second-order valence-corrected chi connectivity index (χ2v) is 3.81. The molecule has 0 aliphatic carbocycles. The summed E-state index contributed by atoms with van der Waals surface area (Å²) in [5.74, 6) is -0.372. The van der Waals surface area contributed by atoms with Gasteiger partial charge in [0.2, 0.25) is 5.90 Å². The highest BCUT2D eigenvalue weighted by atomic mass is 16.6. The van der Waals surface area contributed by atoms with Crippen molar-refractivity contribution in [3.05, 3.63) is 34.4 Å². The van der Waals surface area contributed by atoms with E-state index in [1.54, 1.807) is 26.0 Å². The van der Waals surface area contributed by atoms with Crippen LogP contribution in [0.15, 0.2) is 29.4 Å². The zero-order chi connectivity index (χ0) is 15.7. The van der Waals surface area contributed by atoms with Gasteiger partial charge in [-0.25, -0.2) is 0 Å². The maximum Gasteiger partial charge on any atom is 0.315 e. The Morgan fingerprint density at radius 3 is 2.57 bits per heavy atom. The van der Waals surface area contributed by atoms with Crippen LogP contribution in [0.4, 0.5) is 11.4 Å². The predicted molar refractivity (Wildman–Crippen MR) is 77.0 cm³/mol. The summed E-state index contributed by atoms with van der Waals surface area (Å²) in [6, 6.07) is 6.05. The van der Waals surface area contributed by atoms with E-state index in [2.05, 4.69) is 10.5 Å². The van der Waals surface area contributed by atoms with E-state index in [9.17, 15) is 14.9 Å². The Labute approximate surface area is 121 Å². The van der Waals surface area contributed by atoms with Gasteiger partial charge >= 0.3 is 5.97 Å². The molecule has 0 radical (unpaired) electrons. The molecule has 0 aliphatic rings. The van der Waals surface area contributed by atoms with Gasteiger partial charge in [-0.3, -0.25) is 20.3 Å². The molecule has 0 heterocycles. The van der Waals surface area contributed by atoms with E-state index in [-0.39, 0.29) is 30.3 Å². The van der Waals surface area contributed by atoms with Crippen LogP contribution in [0.2, 0.25) is 0 Å². The van der Waals surface area contributed by atoms with Crippen molar-refractivity contribution in [2.75, 3.05) is 18.6 Å². The molecule has 0 spiro atoms. The van der Waals surface area contributed by atoms with E-state index in [0.717, 1.165) is 0 Å². The van der Waals surface area contributed by atoms with Crippen molar-refractivity contribution in [1.29, 1.82) is 0 Å². The number of para-hydroxylation sites is 2. The summed E-state index contributed by atoms with van der Waals surface area (Å²) in [5.41, 5.74) is 2.63. The first-order valence-electron chi connectivity index (χ1n) is 6.42. The molecule has 0 saturated carbocycles. The van der Waals surface area contributed by atoms with Crippen molar-refractivity contribution in [3.8, 4) is 0 Å². The van der Waals surface area contributed by atoms with E-state index in [1.165, 1.54) is 12.1 Å². The Balaban J connectivity index is 2.83. The van der Waals surface area contributed by atoms with E-state index in [0.29, 0.717) is 6.61 Å². The normalized spacial score (nSPS) is 10.9. The van der Waals surface area contributed by atoms with Gasteiger partial charge in [0.05, 0.1) is 18.1 Å². The van der Waals surface area contributed by atoms with Gasteiger partial charge in [-0.1, -0.05) is 12.1 Å². The van der Waals surface area contributed by atoms with E-state index in [1.807, 2.05) is 0 Å². The number of hydrogen-bond acceptors (Lipinski definition) is 7. The third kappa shape index (κ3) is 5.47. The van der Waals surface area contributed by atoms with Gasteiger partial charge in [-0.2, -0.15) is 0 Å². The fourth-order valence-corrected chi connectivity index (χ4v) is 1.47. The number of ether oxygens (including phenoxy) is 2. The van der Waals surface area contributed by atoms with Crippen LogP contribution < -0.4 is 5.43 Å². The predicted octanol–water partition coefficient (Wildman–Crippen LogP) is 2.31. The number of esters is 1. The maximum absolute atomic E-state index is 11.4. The first-order chi connectivity index (χ1) is 10.1. The summed E-state index contributed by atoms with van der Waals surface area (Å²) < 4.78 is 9.99. The number of hydrogen-bond donors (Lipinski definition) is 1. The Morgan fingerprint density at radius 2 is 1.95 bits per heavy atom. The summed E-state index contributed by atoms with van der Waals surface area (Å²) in [5, 5.41) is 14.8. The number of carbonyl (C=O) groups is 1. The van der Waals surface area contributed by atoms with Crippen molar-refractivity contribution in [3.63, 3.8) is 0 Å². The fourth-order valence-electron chi connectivity index (χ4n) is 1.47.